The van der Waals surface area contributed by atoms with Crippen LogP contribution in [0.15, 0.2) is 67.1 Å². The molecule has 0 atom stereocenters. The number of carbonyl (C=O) groups is 1. The van der Waals surface area contributed by atoms with Gasteiger partial charge in [0.15, 0.2) is 0 Å². The van der Waals surface area contributed by atoms with E-state index < -0.39 is 11.7 Å². The summed E-state index contributed by atoms with van der Waals surface area (Å²) in [6.07, 6.45) is 5.67. The molecule has 0 aliphatic heterocycles. The van der Waals surface area contributed by atoms with Crippen LogP contribution in [-0.2, 0) is 6.42 Å². The summed E-state index contributed by atoms with van der Waals surface area (Å²) in [5, 5.41) is 8.29. The van der Waals surface area contributed by atoms with Crippen molar-refractivity contribution < 1.29 is 9.18 Å². The Morgan fingerprint density at radius 2 is 1.94 bits per heavy atom. The van der Waals surface area contributed by atoms with Gasteiger partial charge in [0.1, 0.15) is 11.5 Å². The number of carbonyl (C=O) groups excluding carboxylic acids is 1. The van der Waals surface area contributed by atoms with Crippen molar-refractivity contribution in [2.45, 2.75) is 13.3 Å². The molecular formula is C24H19FN6O. The Morgan fingerprint density at radius 3 is 2.78 bits per heavy atom. The molecule has 1 amide bonds. The molecule has 3 aromatic heterocycles. The van der Waals surface area contributed by atoms with Gasteiger partial charge < -0.3 is 5.32 Å². The molecule has 3 heterocycles. The number of imidazole rings is 1. The Kier molecular flexibility index (Phi) is 5.03. The van der Waals surface area contributed by atoms with Crippen LogP contribution in [0, 0.1) is 5.82 Å². The molecule has 5 rings (SSSR count). The molecule has 5 aromatic rings. The molecule has 32 heavy (non-hydrogen) atoms. The quantitative estimate of drug-likeness (QED) is 0.462. The van der Waals surface area contributed by atoms with Gasteiger partial charge in [-0.05, 0) is 42.8 Å². The van der Waals surface area contributed by atoms with Crippen LogP contribution in [-0.4, -0.2) is 37.0 Å². The van der Waals surface area contributed by atoms with Crippen molar-refractivity contribution in [1.29, 1.82) is 0 Å². The highest BCUT2D eigenvalue weighted by Gasteiger charge is 2.14. The molecular weight excluding hydrogens is 407 g/mol. The average molecular weight is 426 g/mol. The van der Waals surface area contributed by atoms with Crippen LogP contribution in [0.3, 0.4) is 0 Å². The van der Waals surface area contributed by atoms with Gasteiger partial charge in [0, 0.05) is 30.1 Å². The highest BCUT2D eigenvalue weighted by molar-refractivity contribution is 5.94. The summed E-state index contributed by atoms with van der Waals surface area (Å²) >= 11 is 0. The number of hydrogen-bond acceptors (Lipinski definition) is 5. The number of nitrogens with one attached hydrogen (secondary N) is 1. The van der Waals surface area contributed by atoms with Crippen LogP contribution in [0.25, 0.3) is 27.9 Å². The van der Waals surface area contributed by atoms with Gasteiger partial charge in [-0.25, -0.2) is 18.9 Å². The number of amides is 1. The fraction of sp³-hybridized carbons (Fsp3) is 0.125. The van der Waals surface area contributed by atoms with Crippen LogP contribution in [0.2, 0.25) is 0 Å². The molecule has 158 valence electrons. The topological polar surface area (TPSA) is 85.1 Å². The number of rotatable bonds is 5. The zero-order valence-corrected chi connectivity index (χ0v) is 17.3. The highest BCUT2D eigenvalue weighted by atomic mass is 19.1. The van der Waals surface area contributed by atoms with Crippen LogP contribution >= 0.6 is 0 Å². The summed E-state index contributed by atoms with van der Waals surface area (Å²) in [6, 6.07) is 14.5. The molecule has 0 fully saturated rings. The van der Waals surface area contributed by atoms with Gasteiger partial charge in [0.25, 0.3) is 11.7 Å². The minimum atomic E-state index is -0.606. The molecule has 0 bridgehead atoms. The summed E-state index contributed by atoms with van der Waals surface area (Å²) in [5.41, 5.74) is 3.91. The van der Waals surface area contributed by atoms with Gasteiger partial charge in [-0.2, -0.15) is 5.10 Å². The van der Waals surface area contributed by atoms with E-state index in [0.717, 1.165) is 22.2 Å². The summed E-state index contributed by atoms with van der Waals surface area (Å²) < 4.78 is 16.2. The molecule has 0 saturated carbocycles. The van der Waals surface area contributed by atoms with E-state index in [2.05, 4.69) is 31.4 Å². The number of halogens is 1. The van der Waals surface area contributed by atoms with E-state index in [-0.39, 0.29) is 5.56 Å². The molecule has 7 nitrogen and oxygen atoms in total. The molecule has 0 unspecified atom stereocenters. The van der Waals surface area contributed by atoms with E-state index in [1.165, 1.54) is 12.1 Å². The third-order valence-electron chi connectivity index (χ3n) is 5.20. The van der Waals surface area contributed by atoms with Gasteiger partial charge >= 0.3 is 0 Å². The van der Waals surface area contributed by atoms with Gasteiger partial charge in [0.05, 0.1) is 29.2 Å². The number of pyridine rings is 1. The number of fused-ring (bicyclic) bond motifs is 2. The first-order valence-corrected chi connectivity index (χ1v) is 10.2. The third kappa shape index (κ3) is 3.66. The fourth-order valence-electron chi connectivity index (χ4n) is 3.63. The first kappa shape index (κ1) is 19.7. The van der Waals surface area contributed by atoms with Crippen molar-refractivity contribution in [2.24, 2.45) is 0 Å². The standard InChI is InChI=1S/C24H19FN6O/c1-2-26-23(32)19-7-6-17(12-20(19)25)22-14-29-24-28-13-18(31(24)30-22)11-15-5-8-21-16(10-15)4-3-9-27-21/h3-10,12-14H,2,11H2,1H3,(H,26,32). The van der Waals surface area contributed by atoms with Gasteiger partial charge in [-0.3, -0.25) is 9.78 Å². The minimum absolute atomic E-state index is 0.00116. The Morgan fingerprint density at radius 1 is 1.06 bits per heavy atom. The summed E-state index contributed by atoms with van der Waals surface area (Å²) in [4.78, 5) is 25.0. The van der Waals surface area contributed by atoms with E-state index in [1.807, 2.05) is 24.3 Å². The zero-order chi connectivity index (χ0) is 22.1. The molecule has 0 spiro atoms. The molecule has 0 aliphatic carbocycles. The van der Waals surface area contributed by atoms with Crippen LogP contribution in [0.5, 0.6) is 0 Å². The Balaban J connectivity index is 1.48. The second-order valence-corrected chi connectivity index (χ2v) is 7.37. The largest absolute Gasteiger partial charge is 0.352 e. The van der Waals surface area contributed by atoms with Crippen molar-refractivity contribution in [2.75, 3.05) is 6.54 Å². The lowest BCUT2D eigenvalue weighted by Gasteiger charge is -2.07. The molecule has 1 N–H and O–H groups in total. The zero-order valence-electron chi connectivity index (χ0n) is 17.3. The predicted molar refractivity (Wildman–Crippen MR) is 119 cm³/mol. The van der Waals surface area contributed by atoms with Gasteiger partial charge in [0.2, 0.25) is 0 Å². The molecule has 8 heteroatoms. The lowest BCUT2D eigenvalue weighted by Crippen LogP contribution is -2.23. The van der Waals surface area contributed by atoms with Crippen molar-refractivity contribution in [3.05, 3.63) is 89.8 Å². The first-order valence-electron chi connectivity index (χ1n) is 10.2. The SMILES string of the molecule is CCNC(=O)c1ccc(-c2cnc3ncc(Cc4ccc5ncccc5c4)n3n2)cc1F. The van der Waals surface area contributed by atoms with E-state index in [1.54, 1.807) is 36.1 Å². The van der Waals surface area contributed by atoms with E-state index in [0.29, 0.717) is 30.0 Å². The normalized spacial score (nSPS) is 11.2. The molecule has 2 aromatic carbocycles. The van der Waals surface area contributed by atoms with Crippen molar-refractivity contribution in [3.63, 3.8) is 0 Å². The molecule has 0 radical (unpaired) electrons. The van der Waals surface area contributed by atoms with E-state index in [4.69, 9.17) is 0 Å². The second-order valence-electron chi connectivity index (χ2n) is 7.37. The Labute approximate surface area is 183 Å². The number of benzene rings is 2. The number of nitrogens with zero attached hydrogens (tertiary/aromatic N) is 5. The molecule has 0 aliphatic rings. The first-order chi connectivity index (χ1) is 15.6. The maximum Gasteiger partial charge on any atom is 0.254 e. The fourth-order valence-corrected chi connectivity index (χ4v) is 3.63. The number of aromatic nitrogens is 5. The van der Waals surface area contributed by atoms with Crippen LogP contribution in [0.4, 0.5) is 4.39 Å². The molecule has 0 saturated heterocycles. The lowest BCUT2D eigenvalue weighted by molar-refractivity contribution is 0.0952. The van der Waals surface area contributed by atoms with Crippen molar-refractivity contribution >= 4 is 22.6 Å². The van der Waals surface area contributed by atoms with Crippen LogP contribution in [0.1, 0.15) is 28.5 Å². The maximum atomic E-state index is 14.5. The second kappa shape index (κ2) is 8.14. The van der Waals surface area contributed by atoms with Crippen LogP contribution < -0.4 is 5.32 Å². The monoisotopic (exact) mass is 426 g/mol. The Bertz CT molecular complexity index is 1460. The summed E-state index contributed by atoms with van der Waals surface area (Å²) in [5.74, 6) is -0.586. The van der Waals surface area contributed by atoms with E-state index in [9.17, 15) is 9.18 Å². The summed E-state index contributed by atoms with van der Waals surface area (Å²) in [7, 11) is 0. The minimum Gasteiger partial charge on any atom is -0.352 e. The van der Waals surface area contributed by atoms with Gasteiger partial charge in [-0.15, -0.1) is 0 Å². The van der Waals surface area contributed by atoms with Crippen molar-refractivity contribution in [3.8, 4) is 11.3 Å². The Hall–Kier alpha value is -4.20. The van der Waals surface area contributed by atoms with E-state index >= 15 is 0 Å². The smallest absolute Gasteiger partial charge is 0.254 e. The number of hydrogen-bond donors (Lipinski definition) is 1. The summed E-state index contributed by atoms with van der Waals surface area (Å²) in [6.45, 7) is 2.21. The predicted octanol–water partition coefficient (Wildman–Crippen LogP) is 3.82. The maximum absolute atomic E-state index is 14.5. The average Bonchev–Trinajstić information content (AvgIpc) is 3.21. The lowest BCUT2D eigenvalue weighted by atomic mass is 10.1. The highest BCUT2D eigenvalue weighted by Crippen LogP contribution is 2.21. The third-order valence-corrected chi connectivity index (χ3v) is 5.20. The van der Waals surface area contributed by atoms with Gasteiger partial charge in [-0.1, -0.05) is 18.2 Å². The van der Waals surface area contributed by atoms with Crippen molar-refractivity contribution in [1.82, 2.24) is 29.9 Å².